The summed E-state index contributed by atoms with van der Waals surface area (Å²) in [5.74, 6) is 0.895. The molecule has 0 aromatic heterocycles. The standard InChI is InChI=1S/C15H18O2/c1-10(2)14-9-13(11(3)15(16)17-14)12-7-5-4-6-8-12/h4-8,11,13H,9H2,1-3H3. The molecule has 1 aliphatic heterocycles. The van der Waals surface area contributed by atoms with Crippen LogP contribution in [-0.2, 0) is 9.53 Å². The number of cyclic esters (lactones) is 1. The number of carbonyl (C=O) groups excluding carboxylic acids is 1. The van der Waals surface area contributed by atoms with Crippen LogP contribution in [0.2, 0.25) is 0 Å². The van der Waals surface area contributed by atoms with E-state index in [2.05, 4.69) is 12.1 Å². The van der Waals surface area contributed by atoms with Gasteiger partial charge in [-0.15, -0.1) is 0 Å². The first-order valence-corrected chi connectivity index (χ1v) is 6.02. The van der Waals surface area contributed by atoms with Crippen LogP contribution in [0, 0.1) is 5.92 Å². The number of ether oxygens (including phenoxy) is 1. The van der Waals surface area contributed by atoms with Gasteiger partial charge in [-0.3, -0.25) is 4.79 Å². The van der Waals surface area contributed by atoms with E-state index in [0.717, 1.165) is 17.8 Å². The molecule has 0 aliphatic carbocycles. The molecule has 1 fully saturated rings. The molecule has 1 aliphatic rings. The van der Waals surface area contributed by atoms with E-state index in [9.17, 15) is 4.79 Å². The van der Waals surface area contributed by atoms with Gasteiger partial charge in [-0.05, 0) is 25.0 Å². The van der Waals surface area contributed by atoms with E-state index in [1.165, 1.54) is 5.56 Å². The zero-order chi connectivity index (χ0) is 12.4. The summed E-state index contributed by atoms with van der Waals surface area (Å²) in [5, 5.41) is 0. The number of rotatable bonds is 1. The lowest BCUT2D eigenvalue weighted by molar-refractivity contribution is -0.147. The highest BCUT2D eigenvalue weighted by molar-refractivity contribution is 5.75. The van der Waals surface area contributed by atoms with Gasteiger partial charge in [0.15, 0.2) is 0 Å². The van der Waals surface area contributed by atoms with Gasteiger partial charge in [0, 0.05) is 12.3 Å². The molecular formula is C15H18O2. The summed E-state index contributed by atoms with van der Waals surface area (Å²) in [4.78, 5) is 11.8. The van der Waals surface area contributed by atoms with Crippen molar-refractivity contribution in [3.8, 4) is 0 Å². The molecule has 17 heavy (non-hydrogen) atoms. The minimum absolute atomic E-state index is 0.0690. The number of benzene rings is 1. The van der Waals surface area contributed by atoms with E-state index in [0.29, 0.717) is 0 Å². The van der Waals surface area contributed by atoms with Crippen LogP contribution in [0.5, 0.6) is 0 Å². The predicted molar refractivity (Wildman–Crippen MR) is 67.4 cm³/mol. The van der Waals surface area contributed by atoms with Gasteiger partial charge in [0.25, 0.3) is 0 Å². The lowest BCUT2D eigenvalue weighted by Gasteiger charge is -2.30. The normalized spacial score (nSPS) is 24.4. The van der Waals surface area contributed by atoms with Crippen molar-refractivity contribution in [2.75, 3.05) is 0 Å². The maximum absolute atomic E-state index is 11.8. The van der Waals surface area contributed by atoms with Crippen LogP contribution >= 0.6 is 0 Å². The van der Waals surface area contributed by atoms with Crippen molar-refractivity contribution in [1.29, 1.82) is 0 Å². The van der Waals surface area contributed by atoms with Crippen LogP contribution in [0.3, 0.4) is 0 Å². The topological polar surface area (TPSA) is 26.3 Å². The van der Waals surface area contributed by atoms with E-state index in [1.807, 2.05) is 39.0 Å². The van der Waals surface area contributed by atoms with E-state index >= 15 is 0 Å². The molecule has 1 aromatic carbocycles. The van der Waals surface area contributed by atoms with E-state index in [4.69, 9.17) is 4.74 Å². The summed E-state index contributed by atoms with van der Waals surface area (Å²) >= 11 is 0. The Kier molecular flexibility index (Phi) is 3.32. The second-order valence-electron chi connectivity index (χ2n) is 4.85. The van der Waals surface area contributed by atoms with E-state index < -0.39 is 0 Å². The molecule has 1 heterocycles. The Labute approximate surface area is 102 Å². The molecule has 0 spiro atoms. The van der Waals surface area contributed by atoms with Crippen LogP contribution in [0.4, 0.5) is 0 Å². The first kappa shape index (κ1) is 11.9. The molecule has 90 valence electrons. The molecule has 0 saturated carbocycles. The lowest BCUT2D eigenvalue weighted by atomic mass is 9.82. The Balaban J connectivity index is 2.33. The van der Waals surface area contributed by atoms with Crippen molar-refractivity contribution in [1.82, 2.24) is 0 Å². The Morgan fingerprint density at radius 2 is 1.88 bits per heavy atom. The molecule has 2 heteroatoms. The van der Waals surface area contributed by atoms with Crippen molar-refractivity contribution in [2.45, 2.75) is 33.1 Å². The van der Waals surface area contributed by atoms with Crippen LogP contribution < -0.4 is 0 Å². The van der Waals surface area contributed by atoms with Gasteiger partial charge >= 0.3 is 5.97 Å². The first-order chi connectivity index (χ1) is 8.09. The van der Waals surface area contributed by atoms with E-state index in [-0.39, 0.29) is 17.8 Å². The van der Waals surface area contributed by atoms with Gasteiger partial charge in [-0.2, -0.15) is 0 Å². The maximum atomic E-state index is 11.8. The number of esters is 1. The fourth-order valence-corrected chi connectivity index (χ4v) is 2.21. The second-order valence-corrected chi connectivity index (χ2v) is 4.85. The number of allylic oxidation sites excluding steroid dienone is 2. The van der Waals surface area contributed by atoms with Crippen molar-refractivity contribution in [3.63, 3.8) is 0 Å². The summed E-state index contributed by atoms with van der Waals surface area (Å²) < 4.78 is 5.35. The SMILES string of the molecule is CC(C)=C1CC(c2ccccc2)C(C)C(=O)O1. The Morgan fingerprint density at radius 3 is 2.47 bits per heavy atom. The first-order valence-electron chi connectivity index (χ1n) is 6.02. The molecule has 1 aromatic rings. The Hall–Kier alpha value is -1.57. The molecule has 0 bridgehead atoms. The fraction of sp³-hybridized carbons (Fsp3) is 0.400. The van der Waals surface area contributed by atoms with Crippen molar-refractivity contribution in [2.24, 2.45) is 5.92 Å². The smallest absolute Gasteiger partial charge is 0.314 e. The molecule has 0 N–H and O–H groups in total. The van der Waals surface area contributed by atoms with Gasteiger partial charge < -0.3 is 4.74 Å². The minimum Gasteiger partial charge on any atom is -0.431 e. The fourth-order valence-electron chi connectivity index (χ4n) is 2.21. The molecule has 0 amide bonds. The second kappa shape index (κ2) is 4.74. The third-order valence-electron chi connectivity index (χ3n) is 3.39. The number of carbonyl (C=O) groups is 1. The largest absolute Gasteiger partial charge is 0.431 e. The molecule has 2 nitrogen and oxygen atoms in total. The monoisotopic (exact) mass is 230 g/mol. The van der Waals surface area contributed by atoms with Crippen LogP contribution in [0.25, 0.3) is 0 Å². The summed E-state index contributed by atoms with van der Waals surface area (Å²) in [6, 6.07) is 10.2. The van der Waals surface area contributed by atoms with Gasteiger partial charge in [-0.1, -0.05) is 37.3 Å². The summed E-state index contributed by atoms with van der Waals surface area (Å²) in [7, 11) is 0. The van der Waals surface area contributed by atoms with Gasteiger partial charge in [0.2, 0.25) is 0 Å². The minimum atomic E-state index is -0.110. The maximum Gasteiger partial charge on any atom is 0.314 e. The highest BCUT2D eigenvalue weighted by atomic mass is 16.5. The average molecular weight is 230 g/mol. The average Bonchev–Trinajstić information content (AvgIpc) is 2.33. The van der Waals surface area contributed by atoms with Crippen molar-refractivity contribution < 1.29 is 9.53 Å². The summed E-state index contributed by atoms with van der Waals surface area (Å²) in [6.45, 7) is 5.92. The molecule has 2 atom stereocenters. The molecular weight excluding hydrogens is 212 g/mol. The molecule has 2 unspecified atom stereocenters. The third kappa shape index (κ3) is 2.41. The Morgan fingerprint density at radius 1 is 1.24 bits per heavy atom. The van der Waals surface area contributed by atoms with E-state index in [1.54, 1.807) is 0 Å². The number of hydrogen-bond acceptors (Lipinski definition) is 2. The van der Waals surface area contributed by atoms with Gasteiger partial charge in [0.1, 0.15) is 5.76 Å². The van der Waals surface area contributed by atoms with Crippen molar-refractivity contribution >= 4 is 5.97 Å². The summed E-state index contributed by atoms with van der Waals surface area (Å²) in [5.41, 5.74) is 2.31. The van der Waals surface area contributed by atoms with Gasteiger partial charge in [-0.25, -0.2) is 0 Å². The molecule has 0 radical (unpaired) electrons. The highest BCUT2D eigenvalue weighted by Gasteiger charge is 2.33. The summed E-state index contributed by atoms with van der Waals surface area (Å²) in [6.07, 6.45) is 0.819. The van der Waals surface area contributed by atoms with Gasteiger partial charge in [0.05, 0.1) is 5.92 Å². The lowest BCUT2D eigenvalue weighted by Crippen LogP contribution is -2.28. The van der Waals surface area contributed by atoms with Crippen LogP contribution in [-0.4, -0.2) is 5.97 Å². The predicted octanol–water partition coefficient (Wildman–Crippen LogP) is 3.65. The highest BCUT2D eigenvalue weighted by Crippen LogP contribution is 2.37. The van der Waals surface area contributed by atoms with Crippen LogP contribution in [0.1, 0.15) is 38.7 Å². The molecule has 2 rings (SSSR count). The number of hydrogen-bond donors (Lipinski definition) is 0. The molecule has 1 saturated heterocycles. The zero-order valence-electron chi connectivity index (χ0n) is 10.6. The van der Waals surface area contributed by atoms with Crippen LogP contribution in [0.15, 0.2) is 41.7 Å². The Bertz CT molecular complexity index is 441. The third-order valence-corrected chi connectivity index (χ3v) is 3.39. The zero-order valence-corrected chi connectivity index (χ0v) is 10.6. The van der Waals surface area contributed by atoms with Crippen molar-refractivity contribution in [3.05, 3.63) is 47.2 Å². The quantitative estimate of drug-likeness (QED) is 0.688.